The Morgan fingerprint density at radius 1 is 0.939 bits per heavy atom. The summed E-state index contributed by atoms with van der Waals surface area (Å²) in [5, 5.41) is 3.70. The van der Waals surface area contributed by atoms with E-state index in [2.05, 4.69) is 5.32 Å². The number of hydrogen-bond acceptors (Lipinski definition) is 4. The molecule has 174 valence electrons. The molecule has 3 aromatic rings. The lowest BCUT2D eigenvalue weighted by Crippen LogP contribution is -2.41. The number of nitrogens with zero attached hydrogens (tertiary/aromatic N) is 1. The number of amides is 1. The van der Waals surface area contributed by atoms with E-state index in [4.69, 9.17) is 39.5 Å². The van der Waals surface area contributed by atoms with Crippen LogP contribution in [0, 0.1) is 6.92 Å². The van der Waals surface area contributed by atoms with Crippen LogP contribution in [-0.2, 0) is 14.8 Å². The van der Waals surface area contributed by atoms with Crippen molar-refractivity contribution < 1.29 is 17.9 Å². The molecule has 3 aromatic carbocycles. The first-order valence-corrected chi connectivity index (χ1v) is 12.4. The zero-order valence-corrected chi connectivity index (χ0v) is 20.7. The molecule has 0 fully saturated rings. The Bertz CT molecular complexity index is 1240. The molecule has 0 aliphatic rings. The van der Waals surface area contributed by atoms with E-state index in [-0.39, 0.29) is 33.8 Å². The third-order valence-corrected chi connectivity index (χ3v) is 7.58. The quantitative estimate of drug-likeness (QED) is 0.381. The maximum Gasteiger partial charge on any atom is 0.264 e. The SMILES string of the molecule is Cc1ccc(OCCNC(=O)CN(c2ccc(Cl)c(Cl)c2)S(=O)(=O)c2ccccc2)cc1Cl. The Morgan fingerprint density at radius 2 is 1.67 bits per heavy atom. The van der Waals surface area contributed by atoms with E-state index in [1.54, 1.807) is 30.3 Å². The van der Waals surface area contributed by atoms with Crippen molar-refractivity contribution in [3.05, 3.63) is 87.4 Å². The van der Waals surface area contributed by atoms with Crippen LogP contribution in [-0.4, -0.2) is 34.0 Å². The lowest BCUT2D eigenvalue weighted by molar-refractivity contribution is -0.119. The van der Waals surface area contributed by atoms with E-state index < -0.39 is 22.5 Å². The van der Waals surface area contributed by atoms with Gasteiger partial charge >= 0.3 is 0 Å². The van der Waals surface area contributed by atoms with Crippen molar-refractivity contribution in [3.8, 4) is 5.75 Å². The summed E-state index contributed by atoms with van der Waals surface area (Å²) in [4.78, 5) is 12.7. The van der Waals surface area contributed by atoms with Crippen molar-refractivity contribution in [3.63, 3.8) is 0 Å². The van der Waals surface area contributed by atoms with Crippen LogP contribution in [0.1, 0.15) is 5.56 Å². The number of carbonyl (C=O) groups excluding carboxylic acids is 1. The summed E-state index contributed by atoms with van der Waals surface area (Å²) >= 11 is 18.1. The summed E-state index contributed by atoms with van der Waals surface area (Å²) in [6, 6.07) is 17.5. The van der Waals surface area contributed by atoms with Gasteiger partial charge in [-0.1, -0.05) is 59.1 Å². The van der Waals surface area contributed by atoms with Gasteiger partial charge in [0.05, 0.1) is 27.2 Å². The fraction of sp³-hybridized carbons (Fsp3) is 0.174. The smallest absolute Gasteiger partial charge is 0.264 e. The minimum Gasteiger partial charge on any atom is -0.492 e. The number of rotatable bonds is 9. The number of nitrogens with one attached hydrogen (secondary N) is 1. The van der Waals surface area contributed by atoms with Crippen LogP contribution in [0.15, 0.2) is 71.6 Å². The molecule has 0 aliphatic heterocycles. The number of benzene rings is 3. The Hall–Kier alpha value is -2.45. The molecule has 0 radical (unpaired) electrons. The monoisotopic (exact) mass is 526 g/mol. The van der Waals surface area contributed by atoms with Crippen molar-refractivity contribution in [2.75, 3.05) is 24.0 Å². The molecule has 0 bridgehead atoms. The van der Waals surface area contributed by atoms with Crippen molar-refractivity contribution in [1.82, 2.24) is 5.32 Å². The van der Waals surface area contributed by atoms with Crippen molar-refractivity contribution >= 4 is 56.4 Å². The molecule has 3 rings (SSSR count). The molecule has 0 saturated heterocycles. The minimum absolute atomic E-state index is 0.0449. The van der Waals surface area contributed by atoms with Crippen molar-refractivity contribution in [1.29, 1.82) is 0 Å². The standard InChI is InChI=1S/C23H21Cl3N2O4S/c1-16-7-9-18(14-21(16)25)32-12-11-27-23(29)15-28(17-8-10-20(24)22(26)13-17)33(30,31)19-5-3-2-4-6-19/h2-10,13-14H,11-12,15H2,1H3,(H,27,29). The number of ether oxygens (including phenoxy) is 1. The van der Waals surface area contributed by atoms with Gasteiger partial charge in [0.15, 0.2) is 0 Å². The Kier molecular flexibility index (Phi) is 8.48. The normalized spacial score (nSPS) is 11.2. The summed E-state index contributed by atoms with van der Waals surface area (Å²) < 4.78 is 33.1. The molecule has 0 spiro atoms. The fourth-order valence-corrected chi connectivity index (χ4v) is 4.78. The molecular formula is C23H21Cl3N2O4S. The first kappa shape index (κ1) is 25.2. The van der Waals surface area contributed by atoms with E-state index in [9.17, 15) is 13.2 Å². The molecule has 1 amide bonds. The lowest BCUT2D eigenvalue weighted by Gasteiger charge is -2.24. The largest absolute Gasteiger partial charge is 0.492 e. The lowest BCUT2D eigenvalue weighted by atomic mass is 10.2. The number of halogens is 3. The second-order valence-corrected chi connectivity index (χ2v) is 10.1. The minimum atomic E-state index is -4.04. The molecule has 33 heavy (non-hydrogen) atoms. The van der Waals surface area contributed by atoms with Gasteiger partial charge in [-0.3, -0.25) is 9.10 Å². The highest BCUT2D eigenvalue weighted by Gasteiger charge is 2.27. The third-order valence-electron chi connectivity index (χ3n) is 4.65. The maximum absolute atomic E-state index is 13.3. The van der Waals surface area contributed by atoms with E-state index in [1.807, 2.05) is 13.0 Å². The highest BCUT2D eigenvalue weighted by molar-refractivity contribution is 7.92. The van der Waals surface area contributed by atoms with Gasteiger partial charge in [-0.05, 0) is 55.0 Å². The maximum atomic E-state index is 13.3. The van der Waals surface area contributed by atoms with Gasteiger partial charge in [0.2, 0.25) is 5.91 Å². The first-order valence-electron chi connectivity index (χ1n) is 9.87. The Balaban J connectivity index is 1.71. The van der Waals surface area contributed by atoms with E-state index in [1.165, 1.54) is 30.3 Å². The molecule has 6 nitrogen and oxygen atoms in total. The van der Waals surface area contributed by atoms with Gasteiger partial charge in [0.25, 0.3) is 10.0 Å². The molecule has 10 heteroatoms. The van der Waals surface area contributed by atoms with Crippen molar-refractivity contribution in [2.24, 2.45) is 0 Å². The highest BCUT2D eigenvalue weighted by Crippen LogP contribution is 2.30. The third kappa shape index (κ3) is 6.54. The van der Waals surface area contributed by atoms with Gasteiger partial charge in [0, 0.05) is 5.02 Å². The Labute approximate surface area is 208 Å². The molecule has 0 saturated carbocycles. The van der Waals surface area contributed by atoms with Crippen LogP contribution in [0.2, 0.25) is 15.1 Å². The zero-order valence-electron chi connectivity index (χ0n) is 17.6. The van der Waals surface area contributed by atoms with Crippen LogP contribution in [0.3, 0.4) is 0 Å². The summed E-state index contributed by atoms with van der Waals surface area (Å²) in [5.41, 5.74) is 1.15. The predicted octanol–water partition coefficient (Wildman–Crippen LogP) is 5.35. The molecule has 0 aromatic heterocycles. The van der Waals surface area contributed by atoms with Crippen molar-refractivity contribution in [2.45, 2.75) is 11.8 Å². The average molecular weight is 528 g/mol. The van der Waals surface area contributed by atoms with Crippen LogP contribution < -0.4 is 14.4 Å². The molecule has 1 N–H and O–H groups in total. The van der Waals surface area contributed by atoms with Crippen LogP contribution in [0.4, 0.5) is 5.69 Å². The first-order chi connectivity index (χ1) is 15.7. The number of carbonyl (C=O) groups is 1. The van der Waals surface area contributed by atoms with Crippen LogP contribution in [0.5, 0.6) is 5.75 Å². The van der Waals surface area contributed by atoms with Gasteiger partial charge in [-0.25, -0.2) is 8.42 Å². The van der Waals surface area contributed by atoms with E-state index in [0.717, 1.165) is 9.87 Å². The van der Waals surface area contributed by atoms with E-state index in [0.29, 0.717) is 10.8 Å². The van der Waals surface area contributed by atoms with Gasteiger partial charge in [-0.2, -0.15) is 0 Å². The zero-order chi connectivity index (χ0) is 24.0. The predicted molar refractivity (Wildman–Crippen MR) is 132 cm³/mol. The van der Waals surface area contributed by atoms with E-state index >= 15 is 0 Å². The number of aryl methyl sites for hydroxylation is 1. The highest BCUT2D eigenvalue weighted by atomic mass is 35.5. The molecule has 0 heterocycles. The summed E-state index contributed by atoms with van der Waals surface area (Å²) in [6.45, 7) is 1.79. The summed E-state index contributed by atoms with van der Waals surface area (Å²) in [5.74, 6) is 0.0649. The van der Waals surface area contributed by atoms with Crippen LogP contribution in [0.25, 0.3) is 0 Å². The second-order valence-electron chi connectivity index (χ2n) is 7.03. The molecular weight excluding hydrogens is 507 g/mol. The second kappa shape index (κ2) is 11.1. The topological polar surface area (TPSA) is 75.7 Å². The van der Waals surface area contributed by atoms with Gasteiger partial charge < -0.3 is 10.1 Å². The summed E-state index contributed by atoms with van der Waals surface area (Å²) in [7, 11) is -4.04. The van der Waals surface area contributed by atoms with Crippen LogP contribution >= 0.6 is 34.8 Å². The molecule has 0 aliphatic carbocycles. The number of sulfonamides is 1. The number of hydrogen-bond donors (Lipinski definition) is 1. The van der Waals surface area contributed by atoms with Gasteiger partial charge in [0.1, 0.15) is 18.9 Å². The fourth-order valence-electron chi connectivity index (χ4n) is 2.88. The average Bonchev–Trinajstić information content (AvgIpc) is 2.80. The molecule has 0 unspecified atom stereocenters. The Morgan fingerprint density at radius 3 is 2.33 bits per heavy atom. The summed E-state index contributed by atoms with van der Waals surface area (Å²) in [6.07, 6.45) is 0. The molecule has 0 atom stereocenters. The van der Waals surface area contributed by atoms with Gasteiger partial charge in [-0.15, -0.1) is 0 Å². The number of anilines is 1.